The Morgan fingerprint density at radius 2 is 1.62 bits per heavy atom. The van der Waals surface area contributed by atoms with Crippen molar-refractivity contribution < 1.29 is 0 Å². The minimum absolute atomic E-state index is 0.753. The first kappa shape index (κ1) is 15.7. The van der Waals surface area contributed by atoms with E-state index in [0.717, 1.165) is 23.7 Å². The van der Waals surface area contributed by atoms with Gasteiger partial charge in [0.1, 0.15) is 0 Å². The van der Waals surface area contributed by atoms with E-state index in [1.807, 2.05) is 0 Å². The number of rotatable bonds is 7. The predicted molar refractivity (Wildman–Crippen MR) is 75.6 cm³/mol. The molecule has 0 aliphatic heterocycles. The summed E-state index contributed by atoms with van der Waals surface area (Å²) in [6.07, 6.45) is 6.22. The molecule has 0 heteroatoms. The molecule has 96 valence electrons. The van der Waals surface area contributed by atoms with Crippen LogP contribution in [0.15, 0.2) is 11.6 Å². The quantitative estimate of drug-likeness (QED) is 0.487. The lowest BCUT2D eigenvalue weighted by Crippen LogP contribution is -2.19. The summed E-state index contributed by atoms with van der Waals surface area (Å²) in [5, 5.41) is 0. The molecule has 3 unspecified atom stereocenters. The second kappa shape index (κ2) is 7.92. The van der Waals surface area contributed by atoms with Gasteiger partial charge in [-0.05, 0) is 43.4 Å². The Bertz CT molecular complexity index is 200. The molecule has 0 rings (SSSR count). The maximum atomic E-state index is 2.43. The fourth-order valence-electron chi connectivity index (χ4n) is 2.97. The predicted octanol–water partition coefficient (Wildman–Crippen LogP) is 5.69. The van der Waals surface area contributed by atoms with Gasteiger partial charge < -0.3 is 0 Å². The van der Waals surface area contributed by atoms with Gasteiger partial charge in [-0.25, -0.2) is 0 Å². The van der Waals surface area contributed by atoms with Gasteiger partial charge in [0.05, 0.1) is 0 Å². The molecule has 0 bridgehead atoms. The molecule has 3 atom stereocenters. The number of hydrogen-bond donors (Lipinski definition) is 0. The molecule has 0 amide bonds. The van der Waals surface area contributed by atoms with Crippen LogP contribution in [0.1, 0.15) is 67.7 Å². The Morgan fingerprint density at radius 1 is 1.06 bits per heavy atom. The Hall–Kier alpha value is -0.260. The van der Waals surface area contributed by atoms with Crippen LogP contribution < -0.4 is 0 Å². The van der Waals surface area contributed by atoms with Crippen LogP contribution in [-0.4, -0.2) is 0 Å². The normalized spacial score (nSPS) is 18.6. The van der Waals surface area contributed by atoms with Gasteiger partial charge in [-0.2, -0.15) is 0 Å². The number of hydrogen-bond acceptors (Lipinski definition) is 0. The van der Waals surface area contributed by atoms with Crippen molar-refractivity contribution in [2.45, 2.75) is 67.7 Å². The fourth-order valence-corrected chi connectivity index (χ4v) is 2.97. The molecule has 0 saturated heterocycles. The van der Waals surface area contributed by atoms with Gasteiger partial charge >= 0.3 is 0 Å². The SMILES string of the molecule is CCC=C(C)C(C)CC(C)C(CC)C(C)C. The van der Waals surface area contributed by atoms with Gasteiger partial charge in [-0.15, -0.1) is 0 Å². The minimum atomic E-state index is 0.753. The van der Waals surface area contributed by atoms with Crippen molar-refractivity contribution in [3.8, 4) is 0 Å². The molecule has 0 aliphatic carbocycles. The van der Waals surface area contributed by atoms with Gasteiger partial charge in [0.25, 0.3) is 0 Å². The van der Waals surface area contributed by atoms with Gasteiger partial charge in [0, 0.05) is 0 Å². The third-order valence-electron chi connectivity index (χ3n) is 4.09. The van der Waals surface area contributed by atoms with Crippen LogP contribution >= 0.6 is 0 Å². The molecular weight excluding hydrogens is 192 g/mol. The molecule has 0 saturated carbocycles. The average molecular weight is 224 g/mol. The molecule has 0 spiro atoms. The van der Waals surface area contributed by atoms with E-state index in [-0.39, 0.29) is 0 Å². The first-order valence-electron chi connectivity index (χ1n) is 7.10. The maximum Gasteiger partial charge on any atom is -0.0232 e. The topological polar surface area (TPSA) is 0 Å². The highest BCUT2D eigenvalue weighted by atomic mass is 14.3. The fraction of sp³-hybridized carbons (Fsp3) is 0.875. The monoisotopic (exact) mass is 224 g/mol. The highest BCUT2D eigenvalue weighted by Crippen LogP contribution is 2.31. The van der Waals surface area contributed by atoms with Crippen LogP contribution in [0.2, 0.25) is 0 Å². The van der Waals surface area contributed by atoms with Crippen LogP contribution in [0.25, 0.3) is 0 Å². The Balaban J connectivity index is 4.31. The van der Waals surface area contributed by atoms with Crippen LogP contribution in [0.4, 0.5) is 0 Å². The summed E-state index contributed by atoms with van der Waals surface area (Å²) in [4.78, 5) is 0. The number of allylic oxidation sites excluding steroid dienone is 2. The molecule has 0 heterocycles. The molecule has 0 aliphatic rings. The molecule has 16 heavy (non-hydrogen) atoms. The first-order valence-corrected chi connectivity index (χ1v) is 7.10. The molecule has 0 nitrogen and oxygen atoms in total. The zero-order valence-corrected chi connectivity index (χ0v) is 12.5. The molecular formula is C16H32. The zero-order chi connectivity index (χ0) is 12.7. The Morgan fingerprint density at radius 3 is 2.00 bits per heavy atom. The van der Waals surface area contributed by atoms with Crippen molar-refractivity contribution in [3.05, 3.63) is 11.6 Å². The largest absolute Gasteiger partial charge is 0.0856 e. The first-order chi connectivity index (χ1) is 7.43. The minimum Gasteiger partial charge on any atom is -0.0856 e. The molecule has 0 radical (unpaired) electrons. The summed E-state index contributed by atoms with van der Waals surface area (Å²) >= 11 is 0. The maximum absolute atomic E-state index is 2.43. The van der Waals surface area contributed by atoms with E-state index < -0.39 is 0 Å². The van der Waals surface area contributed by atoms with E-state index in [4.69, 9.17) is 0 Å². The smallest absolute Gasteiger partial charge is 0.0232 e. The second-order valence-corrected chi connectivity index (χ2v) is 5.79. The van der Waals surface area contributed by atoms with E-state index in [2.05, 4.69) is 54.5 Å². The van der Waals surface area contributed by atoms with Gasteiger partial charge in [0.15, 0.2) is 0 Å². The van der Waals surface area contributed by atoms with Gasteiger partial charge in [-0.1, -0.05) is 59.6 Å². The van der Waals surface area contributed by atoms with Crippen LogP contribution in [0.3, 0.4) is 0 Å². The zero-order valence-electron chi connectivity index (χ0n) is 12.5. The summed E-state index contributed by atoms with van der Waals surface area (Å²) in [6, 6.07) is 0. The van der Waals surface area contributed by atoms with Crippen molar-refractivity contribution >= 4 is 0 Å². The van der Waals surface area contributed by atoms with Crippen LogP contribution in [-0.2, 0) is 0 Å². The summed E-state index contributed by atoms with van der Waals surface area (Å²) in [7, 11) is 0. The van der Waals surface area contributed by atoms with Gasteiger partial charge in [-0.3, -0.25) is 0 Å². The van der Waals surface area contributed by atoms with E-state index in [0.29, 0.717) is 0 Å². The lowest BCUT2D eigenvalue weighted by atomic mass is 9.77. The van der Waals surface area contributed by atoms with Crippen molar-refractivity contribution in [2.75, 3.05) is 0 Å². The summed E-state index contributed by atoms with van der Waals surface area (Å²) in [5.74, 6) is 3.31. The van der Waals surface area contributed by atoms with E-state index >= 15 is 0 Å². The Labute approximate surface area is 104 Å². The van der Waals surface area contributed by atoms with Crippen LogP contribution in [0.5, 0.6) is 0 Å². The van der Waals surface area contributed by atoms with E-state index in [1.54, 1.807) is 5.57 Å². The van der Waals surface area contributed by atoms with E-state index in [9.17, 15) is 0 Å². The van der Waals surface area contributed by atoms with Crippen molar-refractivity contribution in [1.82, 2.24) is 0 Å². The lowest BCUT2D eigenvalue weighted by molar-refractivity contribution is 0.233. The van der Waals surface area contributed by atoms with Crippen molar-refractivity contribution in [3.63, 3.8) is 0 Å². The molecule has 0 aromatic heterocycles. The van der Waals surface area contributed by atoms with Crippen molar-refractivity contribution in [1.29, 1.82) is 0 Å². The summed E-state index contributed by atoms with van der Waals surface area (Å²) in [5.41, 5.74) is 1.58. The lowest BCUT2D eigenvalue weighted by Gasteiger charge is -2.28. The molecule has 0 N–H and O–H groups in total. The molecule has 0 aromatic carbocycles. The van der Waals surface area contributed by atoms with Crippen molar-refractivity contribution in [2.24, 2.45) is 23.7 Å². The highest BCUT2D eigenvalue weighted by molar-refractivity contribution is 5.02. The second-order valence-electron chi connectivity index (χ2n) is 5.79. The Kier molecular flexibility index (Phi) is 7.80. The standard InChI is InChI=1S/C16H32/c1-8-10-13(5)14(6)11-15(7)16(9-2)12(3)4/h10,12,14-16H,8-9,11H2,1-7H3. The third kappa shape index (κ3) is 5.18. The highest BCUT2D eigenvalue weighted by Gasteiger charge is 2.21. The van der Waals surface area contributed by atoms with Gasteiger partial charge in [0.2, 0.25) is 0 Å². The average Bonchev–Trinajstić information content (AvgIpc) is 2.18. The molecule has 0 fully saturated rings. The molecule has 0 aromatic rings. The van der Waals surface area contributed by atoms with Crippen LogP contribution in [0, 0.1) is 23.7 Å². The van der Waals surface area contributed by atoms with E-state index in [1.165, 1.54) is 19.3 Å². The summed E-state index contributed by atoms with van der Waals surface area (Å²) < 4.78 is 0. The third-order valence-corrected chi connectivity index (χ3v) is 4.09. The summed E-state index contributed by atoms with van der Waals surface area (Å²) in [6.45, 7) is 16.4.